The van der Waals surface area contributed by atoms with Crippen molar-refractivity contribution in [3.63, 3.8) is 0 Å². The number of methoxy groups -OCH3 is 1. The average molecular weight is 406 g/mol. The van der Waals surface area contributed by atoms with Crippen molar-refractivity contribution in [2.75, 3.05) is 20.0 Å². The Labute approximate surface area is 164 Å². The van der Waals surface area contributed by atoms with E-state index in [1.54, 1.807) is 31.5 Å². The maximum absolute atomic E-state index is 13.0. The summed E-state index contributed by atoms with van der Waals surface area (Å²) in [5, 5.41) is 1.61. The second-order valence-electron chi connectivity index (χ2n) is 5.14. The molecule has 0 saturated heterocycles. The van der Waals surface area contributed by atoms with Crippen LogP contribution in [-0.2, 0) is 4.74 Å². The number of para-hydroxylation sites is 1. The van der Waals surface area contributed by atoms with Gasteiger partial charge >= 0.3 is 0 Å². The van der Waals surface area contributed by atoms with Crippen LogP contribution in [0.15, 0.2) is 40.5 Å². The van der Waals surface area contributed by atoms with Gasteiger partial charge in [0.2, 0.25) is 0 Å². The predicted octanol–water partition coefficient (Wildman–Crippen LogP) is 3.81. The minimum absolute atomic E-state index is 0.258. The molecule has 0 N–H and O–H groups in total. The average Bonchev–Trinajstić information content (AvgIpc) is 2.64. The van der Waals surface area contributed by atoms with Crippen molar-refractivity contribution in [1.29, 1.82) is 0 Å². The summed E-state index contributed by atoms with van der Waals surface area (Å²) in [7, 11) is 1.56. The smallest absolute Gasteiger partial charge is 0.266 e. The molecular weight excluding hydrogens is 393 g/mol. The lowest BCUT2D eigenvalue weighted by Gasteiger charge is -2.12. The zero-order chi connectivity index (χ0) is 18.7. The van der Waals surface area contributed by atoms with Gasteiger partial charge in [-0.15, -0.1) is 0 Å². The third-order valence-corrected chi connectivity index (χ3v) is 4.70. The maximum atomic E-state index is 13.0. The molecule has 26 heavy (non-hydrogen) atoms. The zero-order valence-corrected chi connectivity index (χ0v) is 16.2. The first kappa shape index (κ1) is 18.7. The number of ether oxygens (including phenoxy) is 1. The Bertz CT molecular complexity index is 1080. The van der Waals surface area contributed by atoms with Crippen LogP contribution in [0.1, 0.15) is 5.56 Å². The Morgan fingerprint density at radius 2 is 2.04 bits per heavy atom. The molecule has 0 saturated carbocycles. The minimum atomic E-state index is -0.319. The molecular formula is C18H13Cl2N3O2S. The van der Waals surface area contributed by atoms with Crippen molar-refractivity contribution in [1.82, 2.24) is 14.5 Å². The molecule has 0 unspecified atom stereocenters. The monoisotopic (exact) mass is 405 g/mol. The summed E-state index contributed by atoms with van der Waals surface area (Å²) in [5.41, 5.74) is 1.12. The number of aromatic nitrogens is 3. The van der Waals surface area contributed by atoms with Crippen molar-refractivity contribution < 1.29 is 4.74 Å². The molecule has 0 atom stereocenters. The molecule has 3 aromatic rings. The number of nitrogens with zero attached hydrogens (tertiary/aromatic N) is 3. The van der Waals surface area contributed by atoms with Gasteiger partial charge in [-0.3, -0.25) is 9.36 Å². The molecule has 0 bridgehead atoms. The van der Waals surface area contributed by atoms with E-state index < -0.39 is 0 Å². The van der Waals surface area contributed by atoms with E-state index in [1.807, 2.05) is 6.26 Å². The highest BCUT2D eigenvalue weighted by atomic mass is 35.5. The Hall–Kier alpha value is -2.04. The highest BCUT2D eigenvalue weighted by Gasteiger charge is 2.15. The molecule has 0 radical (unpaired) electrons. The molecule has 0 aliphatic rings. The SMILES string of the molecule is COCC#Cc1cn(-c2c(Cl)cccc2Cl)c(=O)c2cnc(SC)nc12. The normalized spacial score (nSPS) is 10.6. The van der Waals surface area contributed by atoms with Gasteiger partial charge < -0.3 is 4.74 Å². The summed E-state index contributed by atoms with van der Waals surface area (Å²) in [6.07, 6.45) is 4.96. The van der Waals surface area contributed by atoms with Crippen LogP contribution in [0.25, 0.3) is 16.6 Å². The van der Waals surface area contributed by atoms with Crippen LogP contribution in [0.5, 0.6) is 0 Å². The molecule has 1 aromatic carbocycles. The number of pyridine rings is 1. The van der Waals surface area contributed by atoms with Crippen LogP contribution in [-0.4, -0.2) is 34.5 Å². The molecule has 0 aliphatic heterocycles. The molecule has 5 nitrogen and oxygen atoms in total. The fourth-order valence-electron chi connectivity index (χ4n) is 2.38. The van der Waals surface area contributed by atoms with Crippen molar-refractivity contribution in [3.8, 4) is 17.5 Å². The lowest BCUT2D eigenvalue weighted by Crippen LogP contribution is -2.20. The number of benzene rings is 1. The van der Waals surface area contributed by atoms with Crippen molar-refractivity contribution in [2.24, 2.45) is 0 Å². The number of halogens is 2. The standard InChI is InChI=1S/C18H13Cl2N3O2S/c1-25-8-4-5-11-10-23(16-13(19)6-3-7-14(16)20)17(24)12-9-21-18(26-2)22-15(11)12/h3,6-7,9-10H,8H2,1-2H3. The summed E-state index contributed by atoms with van der Waals surface area (Å²) in [5.74, 6) is 5.88. The van der Waals surface area contributed by atoms with Gasteiger partial charge in [0, 0.05) is 19.5 Å². The van der Waals surface area contributed by atoms with E-state index in [4.69, 9.17) is 27.9 Å². The van der Waals surface area contributed by atoms with E-state index in [-0.39, 0.29) is 12.2 Å². The number of thioether (sulfide) groups is 1. The number of hydrogen-bond donors (Lipinski definition) is 0. The van der Waals surface area contributed by atoms with Gasteiger partial charge in [-0.05, 0) is 18.4 Å². The molecule has 132 valence electrons. The summed E-state index contributed by atoms with van der Waals surface area (Å²) >= 11 is 13.9. The zero-order valence-electron chi connectivity index (χ0n) is 13.9. The lowest BCUT2D eigenvalue weighted by molar-refractivity contribution is 0.240. The van der Waals surface area contributed by atoms with Crippen LogP contribution in [0.2, 0.25) is 10.0 Å². The molecule has 8 heteroatoms. The van der Waals surface area contributed by atoms with Crippen LogP contribution < -0.4 is 5.56 Å². The van der Waals surface area contributed by atoms with Gasteiger partial charge in [-0.2, -0.15) is 0 Å². The lowest BCUT2D eigenvalue weighted by atomic mass is 10.2. The van der Waals surface area contributed by atoms with E-state index in [9.17, 15) is 4.79 Å². The summed E-state index contributed by atoms with van der Waals surface area (Å²) in [4.78, 5) is 21.6. The summed E-state index contributed by atoms with van der Waals surface area (Å²) in [6.45, 7) is 0.258. The van der Waals surface area contributed by atoms with Gasteiger partial charge in [0.1, 0.15) is 6.61 Å². The highest BCUT2D eigenvalue weighted by molar-refractivity contribution is 7.98. The van der Waals surface area contributed by atoms with Crippen LogP contribution >= 0.6 is 35.0 Å². The fraction of sp³-hybridized carbons (Fsp3) is 0.167. The van der Waals surface area contributed by atoms with Crippen LogP contribution in [0.4, 0.5) is 0 Å². The Morgan fingerprint density at radius 1 is 1.31 bits per heavy atom. The largest absolute Gasteiger partial charge is 0.372 e. The van der Waals surface area contributed by atoms with Gasteiger partial charge in [-0.1, -0.05) is 52.9 Å². The minimum Gasteiger partial charge on any atom is -0.372 e. The molecule has 2 aromatic heterocycles. The Morgan fingerprint density at radius 3 is 2.69 bits per heavy atom. The van der Waals surface area contributed by atoms with E-state index in [0.717, 1.165) is 0 Å². The second-order valence-corrected chi connectivity index (χ2v) is 6.73. The van der Waals surface area contributed by atoms with E-state index in [2.05, 4.69) is 21.8 Å². The Balaban J connectivity index is 2.38. The third-order valence-electron chi connectivity index (χ3n) is 3.53. The van der Waals surface area contributed by atoms with E-state index >= 15 is 0 Å². The number of hydrogen-bond acceptors (Lipinski definition) is 5. The van der Waals surface area contributed by atoms with E-state index in [1.165, 1.54) is 22.5 Å². The maximum Gasteiger partial charge on any atom is 0.266 e. The van der Waals surface area contributed by atoms with Gasteiger partial charge in [0.15, 0.2) is 5.16 Å². The molecule has 0 amide bonds. The molecule has 3 rings (SSSR count). The first-order valence-electron chi connectivity index (χ1n) is 7.45. The fourth-order valence-corrected chi connectivity index (χ4v) is 3.30. The first-order chi connectivity index (χ1) is 12.6. The second kappa shape index (κ2) is 8.11. The third kappa shape index (κ3) is 3.57. The van der Waals surface area contributed by atoms with Crippen LogP contribution in [0.3, 0.4) is 0 Å². The molecule has 0 aliphatic carbocycles. The van der Waals surface area contributed by atoms with Gasteiger partial charge in [0.05, 0.1) is 32.2 Å². The molecule has 0 spiro atoms. The van der Waals surface area contributed by atoms with E-state index in [0.29, 0.717) is 37.4 Å². The summed E-state index contributed by atoms with van der Waals surface area (Å²) in [6, 6.07) is 5.05. The van der Waals surface area contributed by atoms with Gasteiger partial charge in [-0.25, -0.2) is 9.97 Å². The van der Waals surface area contributed by atoms with Gasteiger partial charge in [0.25, 0.3) is 5.56 Å². The number of rotatable bonds is 3. The quantitative estimate of drug-likeness (QED) is 0.376. The van der Waals surface area contributed by atoms with Crippen molar-refractivity contribution in [2.45, 2.75) is 5.16 Å². The van der Waals surface area contributed by atoms with Crippen molar-refractivity contribution in [3.05, 3.63) is 56.6 Å². The summed E-state index contributed by atoms with van der Waals surface area (Å²) < 4.78 is 6.36. The predicted molar refractivity (Wildman–Crippen MR) is 106 cm³/mol. The van der Waals surface area contributed by atoms with Crippen LogP contribution in [0, 0.1) is 11.8 Å². The molecule has 2 heterocycles. The topological polar surface area (TPSA) is 57.0 Å². The Kier molecular flexibility index (Phi) is 5.84. The molecule has 0 fully saturated rings. The first-order valence-corrected chi connectivity index (χ1v) is 9.43. The number of fused-ring (bicyclic) bond motifs is 1. The van der Waals surface area contributed by atoms with Crippen molar-refractivity contribution >= 4 is 45.9 Å². The highest BCUT2D eigenvalue weighted by Crippen LogP contribution is 2.28.